The third kappa shape index (κ3) is 6.21. The van der Waals surface area contributed by atoms with Crippen molar-refractivity contribution < 1.29 is 31.7 Å². The third-order valence-electron chi connectivity index (χ3n) is 0.599. The van der Waals surface area contributed by atoms with E-state index in [-0.39, 0.29) is 0 Å². The summed E-state index contributed by atoms with van der Waals surface area (Å²) in [5.41, 5.74) is 0. The molecule has 1 atom stereocenters. The summed E-state index contributed by atoms with van der Waals surface area (Å²) in [5.74, 6) is 0. The van der Waals surface area contributed by atoms with Crippen molar-refractivity contribution >= 4 is 7.82 Å². The first-order valence-electron chi connectivity index (χ1n) is 2.60. The highest BCUT2D eigenvalue weighted by Gasteiger charge is 2.33. The fourth-order valence-electron chi connectivity index (χ4n) is 0.279. The van der Waals surface area contributed by atoms with Gasteiger partial charge in [0.2, 0.25) is 0 Å². The van der Waals surface area contributed by atoms with Crippen LogP contribution in [0.1, 0.15) is 0 Å². The monoisotopic (exact) mass is 206 g/mol. The van der Waals surface area contributed by atoms with Crippen LogP contribution in [0.2, 0.25) is 0 Å². The Morgan fingerprint density at radius 3 is 2.42 bits per heavy atom. The minimum atomic E-state index is -4.66. The van der Waals surface area contributed by atoms with Gasteiger partial charge in [-0.05, 0) is 0 Å². The zero-order valence-corrected chi connectivity index (χ0v) is 6.64. The molecule has 0 aliphatic carbocycles. The zero-order chi connectivity index (χ0) is 9.83. The molecule has 8 heteroatoms. The fourth-order valence-corrected chi connectivity index (χ4v) is 0.838. The van der Waals surface area contributed by atoms with Crippen molar-refractivity contribution in [2.45, 2.75) is 6.18 Å². The molecule has 0 rings (SSSR count). The molecule has 0 spiro atoms. The molecule has 0 aromatic heterocycles. The van der Waals surface area contributed by atoms with E-state index in [1.807, 2.05) is 0 Å². The average molecular weight is 206 g/mol. The average Bonchev–Trinajstić information content (AvgIpc) is 1.83. The molecule has 72 valence electrons. The number of phosphoric acid groups is 1. The molecular formula is C4H6F3O4P. The second-order valence-electron chi connectivity index (χ2n) is 1.63. The molecule has 0 aliphatic rings. The van der Waals surface area contributed by atoms with Crippen LogP contribution in [0, 0.1) is 0 Å². The number of hydrogen-bond acceptors (Lipinski definition) is 3. The molecule has 4 nitrogen and oxygen atoms in total. The van der Waals surface area contributed by atoms with Crippen LogP contribution in [0.3, 0.4) is 0 Å². The van der Waals surface area contributed by atoms with Crippen molar-refractivity contribution in [3.05, 3.63) is 12.8 Å². The minimum Gasteiger partial charge on any atom is -0.413 e. The highest BCUT2D eigenvalue weighted by molar-refractivity contribution is 7.47. The molecule has 0 aromatic rings. The Hall–Kier alpha value is -0.520. The molecule has 0 radical (unpaired) electrons. The van der Waals surface area contributed by atoms with Crippen LogP contribution in [0.25, 0.3) is 0 Å². The smallest absolute Gasteiger partial charge is 0.413 e. The maximum atomic E-state index is 11.4. The first kappa shape index (κ1) is 11.5. The van der Waals surface area contributed by atoms with Crippen molar-refractivity contribution in [3.8, 4) is 0 Å². The van der Waals surface area contributed by atoms with Gasteiger partial charge in [-0.15, -0.1) is 0 Å². The first-order chi connectivity index (χ1) is 5.27. The second kappa shape index (κ2) is 3.93. The molecule has 0 aliphatic heterocycles. The van der Waals surface area contributed by atoms with Gasteiger partial charge in [-0.2, -0.15) is 13.2 Å². The van der Waals surface area contributed by atoms with Crippen LogP contribution in [0.5, 0.6) is 0 Å². The molecule has 0 heterocycles. The quantitative estimate of drug-likeness (QED) is 0.563. The Kier molecular flexibility index (Phi) is 3.76. The number of phosphoric ester groups is 1. The first-order valence-corrected chi connectivity index (χ1v) is 4.10. The summed E-state index contributed by atoms with van der Waals surface area (Å²) in [4.78, 5) is 8.42. The largest absolute Gasteiger partial charge is 0.527 e. The van der Waals surface area contributed by atoms with Gasteiger partial charge in [0.05, 0.1) is 6.26 Å². The van der Waals surface area contributed by atoms with Gasteiger partial charge in [0.15, 0.2) is 6.61 Å². The van der Waals surface area contributed by atoms with E-state index in [9.17, 15) is 17.7 Å². The summed E-state index contributed by atoms with van der Waals surface area (Å²) in [7, 11) is -4.63. The van der Waals surface area contributed by atoms with Gasteiger partial charge >= 0.3 is 14.0 Å². The lowest BCUT2D eigenvalue weighted by Crippen LogP contribution is -2.15. The minimum absolute atomic E-state index is 0.525. The Balaban J connectivity index is 3.92. The van der Waals surface area contributed by atoms with Gasteiger partial charge in [0.25, 0.3) is 0 Å². The van der Waals surface area contributed by atoms with Crippen molar-refractivity contribution in [2.24, 2.45) is 0 Å². The summed E-state index contributed by atoms with van der Waals surface area (Å²) < 4.78 is 51.9. The Bertz CT molecular complexity index is 201. The van der Waals surface area contributed by atoms with E-state index in [1.54, 1.807) is 0 Å². The molecular weight excluding hydrogens is 200 g/mol. The van der Waals surface area contributed by atoms with Crippen LogP contribution >= 0.6 is 7.82 Å². The van der Waals surface area contributed by atoms with Crippen LogP contribution in [-0.4, -0.2) is 17.7 Å². The molecule has 0 amide bonds. The summed E-state index contributed by atoms with van der Waals surface area (Å²) in [6, 6.07) is 0. The maximum absolute atomic E-state index is 11.4. The highest BCUT2D eigenvalue weighted by Crippen LogP contribution is 2.44. The molecule has 0 aromatic carbocycles. The van der Waals surface area contributed by atoms with Gasteiger partial charge in [-0.1, -0.05) is 6.58 Å². The predicted molar refractivity (Wildman–Crippen MR) is 33.1 cm³/mol. The van der Waals surface area contributed by atoms with Crippen LogP contribution in [0.15, 0.2) is 12.8 Å². The predicted octanol–water partition coefficient (Wildman–Crippen LogP) is 1.83. The van der Waals surface area contributed by atoms with Gasteiger partial charge in [-0.3, -0.25) is 9.42 Å². The molecule has 0 saturated heterocycles. The van der Waals surface area contributed by atoms with Crippen molar-refractivity contribution in [3.63, 3.8) is 0 Å². The molecule has 1 unspecified atom stereocenters. The maximum Gasteiger partial charge on any atom is 0.527 e. The van der Waals surface area contributed by atoms with Crippen LogP contribution in [0.4, 0.5) is 13.2 Å². The Morgan fingerprint density at radius 1 is 1.58 bits per heavy atom. The van der Waals surface area contributed by atoms with E-state index in [0.717, 1.165) is 0 Å². The summed E-state index contributed by atoms with van der Waals surface area (Å²) in [5, 5.41) is 0. The SMILES string of the molecule is C=COP(=O)(O)OCC(F)(F)F. The zero-order valence-electron chi connectivity index (χ0n) is 5.74. The number of halogens is 3. The second-order valence-corrected chi connectivity index (χ2v) is 3.04. The molecule has 0 fully saturated rings. The number of hydrogen-bond donors (Lipinski definition) is 1. The summed E-state index contributed by atoms with van der Waals surface area (Å²) in [6.45, 7) is 1.04. The summed E-state index contributed by atoms with van der Waals surface area (Å²) in [6.07, 6.45) is -4.14. The van der Waals surface area contributed by atoms with Gasteiger partial charge in [0.1, 0.15) is 0 Å². The topological polar surface area (TPSA) is 55.8 Å². The van der Waals surface area contributed by atoms with Crippen molar-refractivity contribution in [2.75, 3.05) is 6.61 Å². The van der Waals surface area contributed by atoms with E-state index in [4.69, 9.17) is 4.89 Å². The third-order valence-corrected chi connectivity index (χ3v) is 1.47. The lowest BCUT2D eigenvalue weighted by atomic mass is 10.7. The van der Waals surface area contributed by atoms with Gasteiger partial charge in [-0.25, -0.2) is 4.57 Å². The number of rotatable bonds is 4. The fraction of sp³-hybridized carbons (Fsp3) is 0.500. The van der Waals surface area contributed by atoms with E-state index in [0.29, 0.717) is 6.26 Å². The molecule has 0 saturated carbocycles. The lowest BCUT2D eigenvalue weighted by molar-refractivity contribution is -0.157. The molecule has 12 heavy (non-hydrogen) atoms. The van der Waals surface area contributed by atoms with E-state index in [2.05, 4.69) is 15.6 Å². The molecule has 1 N–H and O–H groups in total. The van der Waals surface area contributed by atoms with Crippen LogP contribution in [-0.2, 0) is 13.6 Å². The van der Waals surface area contributed by atoms with Gasteiger partial charge in [0, 0.05) is 0 Å². The van der Waals surface area contributed by atoms with E-state index < -0.39 is 20.6 Å². The Labute approximate surface area is 66.2 Å². The van der Waals surface area contributed by atoms with Crippen molar-refractivity contribution in [1.29, 1.82) is 0 Å². The molecule has 0 bridgehead atoms. The van der Waals surface area contributed by atoms with Gasteiger partial charge < -0.3 is 4.52 Å². The Morgan fingerprint density at radius 2 is 2.08 bits per heavy atom. The summed E-state index contributed by atoms with van der Waals surface area (Å²) >= 11 is 0. The van der Waals surface area contributed by atoms with Crippen molar-refractivity contribution in [1.82, 2.24) is 0 Å². The van der Waals surface area contributed by atoms with E-state index >= 15 is 0 Å². The van der Waals surface area contributed by atoms with E-state index in [1.165, 1.54) is 0 Å². The standard InChI is InChI=1S/C4H6F3O4P/c1-2-10-12(8,9)11-3-4(5,6)7/h2H,1,3H2,(H,8,9). The number of alkyl halides is 3. The normalized spacial score (nSPS) is 16.7. The highest BCUT2D eigenvalue weighted by atomic mass is 31.2. The van der Waals surface area contributed by atoms with Crippen LogP contribution < -0.4 is 0 Å². The lowest BCUT2D eigenvalue weighted by Gasteiger charge is -2.11.